The van der Waals surface area contributed by atoms with Gasteiger partial charge in [-0.05, 0) is 57.0 Å². The predicted octanol–water partition coefficient (Wildman–Crippen LogP) is 5.46. The van der Waals surface area contributed by atoms with E-state index in [2.05, 4.69) is 68.7 Å². The third kappa shape index (κ3) is 7.34. The van der Waals surface area contributed by atoms with E-state index in [9.17, 15) is 5.11 Å². The number of nitrogens with zero attached hydrogens (tertiary/aromatic N) is 8. The average molecular weight is 669 g/mol. The van der Waals surface area contributed by atoms with Crippen LogP contribution in [0, 0.1) is 0 Å². The van der Waals surface area contributed by atoms with Crippen LogP contribution in [0.4, 0.5) is 23.1 Å². The lowest BCUT2D eigenvalue weighted by Crippen LogP contribution is -2.51. The van der Waals surface area contributed by atoms with Crippen LogP contribution in [-0.4, -0.2) is 105 Å². The van der Waals surface area contributed by atoms with Crippen LogP contribution in [0.5, 0.6) is 5.75 Å². The summed E-state index contributed by atoms with van der Waals surface area (Å²) in [6.07, 6.45) is 8.72. The van der Waals surface area contributed by atoms with Crippen molar-refractivity contribution in [1.29, 1.82) is 0 Å². The van der Waals surface area contributed by atoms with Crippen LogP contribution in [0.25, 0.3) is 5.57 Å². The lowest BCUT2D eigenvalue weighted by molar-refractivity contribution is -0.0705. The Morgan fingerprint density at radius 1 is 0.957 bits per heavy atom. The van der Waals surface area contributed by atoms with Crippen molar-refractivity contribution in [2.45, 2.75) is 58.9 Å². The minimum atomic E-state index is -0.197. The summed E-state index contributed by atoms with van der Waals surface area (Å²) in [6, 6.07) is 4.45. The highest BCUT2D eigenvalue weighted by molar-refractivity contribution is 6.33. The van der Waals surface area contributed by atoms with Crippen molar-refractivity contribution in [2.24, 2.45) is 0 Å². The van der Waals surface area contributed by atoms with Gasteiger partial charge in [0.15, 0.2) is 16.7 Å². The van der Waals surface area contributed by atoms with Crippen molar-refractivity contribution in [2.75, 3.05) is 67.5 Å². The molecule has 0 amide bonds. The van der Waals surface area contributed by atoms with Crippen molar-refractivity contribution >= 4 is 51.9 Å². The van der Waals surface area contributed by atoms with Gasteiger partial charge in [0.05, 0.1) is 28.6 Å². The lowest BCUT2D eigenvalue weighted by atomic mass is 9.99. The number of hydrogen-bond acceptors (Lipinski definition) is 11. The fourth-order valence-electron chi connectivity index (χ4n) is 6.81. The molecule has 0 saturated carbocycles. The predicted molar refractivity (Wildman–Crippen MR) is 184 cm³/mol. The number of benzene rings is 1. The number of aromatic hydroxyl groups is 1. The zero-order chi connectivity index (χ0) is 32.4. The molecule has 2 saturated heterocycles. The van der Waals surface area contributed by atoms with Crippen LogP contribution >= 0.6 is 23.2 Å². The fraction of sp³-hybridized carbons (Fsp3) is 0.515. The largest absolute Gasteiger partial charge is 0.502 e. The monoisotopic (exact) mass is 667 g/mol. The van der Waals surface area contributed by atoms with Crippen molar-refractivity contribution in [3.8, 4) is 5.75 Å². The second-order valence-corrected chi connectivity index (χ2v) is 13.3. The Hall–Kier alpha value is -3.22. The third-order valence-electron chi connectivity index (χ3n) is 9.00. The summed E-state index contributed by atoms with van der Waals surface area (Å²) < 4.78 is 5.88. The molecule has 0 spiro atoms. The minimum Gasteiger partial charge on any atom is -0.502 e. The van der Waals surface area contributed by atoms with Gasteiger partial charge in [-0.25, -0.2) is 19.9 Å². The van der Waals surface area contributed by atoms with E-state index in [0.29, 0.717) is 23.6 Å². The van der Waals surface area contributed by atoms with Crippen molar-refractivity contribution in [1.82, 2.24) is 29.7 Å². The molecular weight excluding hydrogens is 625 g/mol. The summed E-state index contributed by atoms with van der Waals surface area (Å²) >= 11 is 13.2. The molecule has 2 fully saturated rings. The first-order valence-corrected chi connectivity index (χ1v) is 16.9. The maximum absolute atomic E-state index is 10.6. The van der Waals surface area contributed by atoms with E-state index >= 15 is 0 Å². The SMILES string of the molecule is CCN1CCN(c2cc(Cl)c(C3=CCCN(c4ncc(CN5C[C@@H](C)O[C@@H](C)C5)cn4)C3)cc2Nc2ncnc(Cl)c2O)C[C@H]1C. The lowest BCUT2D eigenvalue weighted by Gasteiger charge is -2.41. The van der Waals surface area contributed by atoms with E-state index in [1.807, 2.05) is 24.5 Å². The van der Waals surface area contributed by atoms with Crippen molar-refractivity contribution in [3.63, 3.8) is 0 Å². The zero-order valence-electron chi connectivity index (χ0n) is 27.0. The Kier molecular flexibility index (Phi) is 10.1. The molecule has 0 bridgehead atoms. The molecule has 246 valence electrons. The smallest absolute Gasteiger partial charge is 0.225 e. The quantitative estimate of drug-likeness (QED) is 0.299. The summed E-state index contributed by atoms with van der Waals surface area (Å²) in [6.45, 7) is 16.4. The zero-order valence-corrected chi connectivity index (χ0v) is 28.5. The van der Waals surface area contributed by atoms with E-state index in [-0.39, 0.29) is 28.9 Å². The molecule has 5 heterocycles. The summed E-state index contributed by atoms with van der Waals surface area (Å²) in [5.41, 5.74) is 4.82. The normalized spacial score (nSPS) is 23.0. The Balaban J connectivity index is 1.24. The number of piperazine rings is 1. The number of likely N-dealkylation sites (N-methyl/N-ethyl adjacent to an activating group) is 1. The van der Waals surface area contributed by atoms with Crippen LogP contribution in [0.1, 0.15) is 45.2 Å². The van der Waals surface area contributed by atoms with E-state index in [1.165, 1.54) is 6.33 Å². The topological polar surface area (TPSA) is 106 Å². The number of ether oxygens (including phenoxy) is 1. The number of aromatic nitrogens is 4. The van der Waals surface area contributed by atoms with Gasteiger partial charge in [0.2, 0.25) is 5.95 Å². The van der Waals surface area contributed by atoms with Crippen LogP contribution in [0.2, 0.25) is 10.2 Å². The summed E-state index contributed by atoms with van der Waals surface area (Å²) in [5, 5.41) is 14.6. The van der Waals surface area contributed by atoms with Gasteiger partial charge in [0.1, 0.15) is 6.33 Å². The highest BCUT2D eigenvalue weighted by atomic mass is 35.5. The summed E-state index contributed by atoms with van der Waals surface area (Å²) in [5.74, 6) is 0.744. The van der Waals surface area contributed by atoms with E-state index < -0.39 is 0 Å². The highest BCUT2D eigenvalue weighted by Gasteiger charge is 2.27. The molecule has 3 atom stereocenters. The van der Waals surface area contributed by atoms with Gasteiger partial charge in [-0.1, -0.05) is 36.2 Å². The first-order valence-electron chi connectivity index (χ1n) is 16.1. The Labute approximate surface area is 281 Å². The Morgan fingerprint density at radius 3 is 2.43 bits per heavy atom. The molecule has 6 rings (SSSR count). The second-order valence-electron chi connectivity index (χ2n) is 12.5. The third-order valence-corrected chi connectivity index (χ3v) is 9.59. The van der Waals surface area contributed by atoms with Gasteiger partial charge in [-0.2, -0.15) is 0 Å². The first-order chi connectivity index (χ1) is 22.2. The van der Waals surface area contributed by atoms with Gasteiger partial charge in [-0.15, -0.1) is 0 Å². The summed E-state index contributed by atoms with van der Waals surface area (Å²) in [4.78, 5) is 27.1. The first kappa shape index (κ1) is 32.7. The molecule has 0 radical (unpaired) electrons. The number of nitrogens with one attached hydrogen (secondary N) is 1. The number of rotatable bonds is 8. The number of hydrogen-bond donors (Lipinski definition) is 2. The molecule has 3 aliphatic heterocycles. The Morgan fingerprint density at radius 2 is 1.72 bits per heavy atom. The van der Waals surface area contributed by atoms with Gasteiger partial charge in [-0.3, -0.25) is 9.80 Å². The van der Waals surface area contributed by atoms with Crippen molar-refractivity contribution < 1.29 is 9.84 Å². The number of anilines is 4. The molecule has 3 aromatic rings. The van der Waals surface area contributed by atoms with Gasteiger partial charge >= 0.3 is 0 Å². The highest BCUT2D eigenvalue weighted by Crippen LogP contribution is 2.40. The Bertz CT molecular complexity index is 1550. The molecule has 13 heteroatoms. The molecule has 11 nitrogen and oxygen atoms in total. The fourth-order valence-corrected chi connectivity index (χ4v) is 7.22. The standard InChI is InChI=1S/C33H43Cl2N9O2/c1-5-42-9-10-43(15-21(42)2)29-12-27(34)26(11-28(29)40-32-30(45)31(35)38-20-39-32)25-7-6-8-44(19-25)33-36-13-24(14-37-33)18-41-16-22(3)46-23(4)17-41/h7,11-14,20-23,45H,5-6,8-10,15-19H2,1-4H3,(H,38,39,40)/t21-,22-,23+/m1/s1. The van der Waals surface area contributed by atoms with Gasteiger partial charge in [0, 0.05) is 76.4 Å². The molecular formula is C33H43Cl2N9O2. The maximum atomic E-state index is 10.6. The van der Waals surface area contributed by atoms with Crippen molar-refractivity contribution in [3.05, 3.63) is 58.2 Å². The molecule has 46 heavy (non-hydrogen) atoms. The summed E-state index contributed by atoms with van der Waals surface area (Å²) in [7, 11) is 0. The van der Waals surface area contributed by atoms with E-state index in [4.69, 9.17) is 37.9 Å². The molecule has 2 N–H and O–H groups in total. The number of morpholine rings is 1. The van der Waals surface area contributed by atoms with Crippen LogP contribution in [0.3, 0.4) is 0 Å². The van der Waals surface area contributed by atoms with Crippen LogP contribution in [-0.2, 0) is 11.3 Å². The molecule has 1 aromatic carbocycles. The van der Waals surface area contributed by atoms with E-state index in [1.54, 1.807) is 0 Å². The van der Waals surface area contributed by atoms with Crippen LogP contribution < -0.4 is 15.1 Å². The molecule has 0 unspecified atom stereocenters. The maximum Gasteiger partial charge on any atom is 0.225 e. The van der Waals surface area contributed by atoms with Crippen LogP contribution in [0.15, 0.2) is 36.9 Å². The minimum absolute atomic E-state index is 0.0101. The van der Waals surface area contributed by atoms with E-state index in [0.717, 1.165) is 86.9 Å². The molecule has 0 aliphatic carbocycles. The number of halogens is 2. The molecule has 2 aromatic heterocycles. The average Bonchev–Trinajstić information content (AvgIpc) is 3.04. The van der Waals surface area contributed by atoms with Gasteiger partial charge < -0.3 is 25.0 Å². The second kappa shape index (κ2) is 14.3. The molecule has 3 aliphatic rings. The van der Waals surface area contributed by atoms with Gasteiger partial charge in [0.25, 0.3) is 0 Å².